The van der Waals surface area contributed by atoms with Crippen LogP contribution >= 0.6 is 31.9 Å². The van der Waals surface area contributed by atoms with E-state index < -0.39 is 0 Å². The summed E-state index contributed by atoms with van der Waals surface area (Å²) in [6.45, 7) is 0. The number of para-hydroxylation sites is 1. The second kappa shape index (κ2) is 6.68. The molecular formula is C15H10Br2O2. The summed E-state index contributed by atoms with van der Waals surface area (Å²) in [4.78, 5) is 12.7. The van der Waals surface area contributed by atoms with Crippen molar-refractivity contribution in [1.82, 2.24) is 0 Å². The quantitative estimate of drug-likeness (QED) is 0.548. The van der Waals surface area contributed by atoms with E-state index in [9.17, 15) is 4.79 Å². The molecule has 0 amide bonds. The minimum Gasteiger partial charge on any atom is -0.455 e. The molecule has 0 radical (unpaired) electrons. The van der Waals surface area contributed by atoms with Crippen LogP contribution in [0.5, 0.6) is 5.75 Å². The molecule has 0 heterocycles. The fourth-order valence-electron chi connectivity index (χ4n) is 1.55. The second-order valence-electron chi connectivity index (χ2n) is 3.74. The van der Waals surface area contributed by atoms with Gasteiger partial charge in [-0.1, -0.05) is 56.1 Å². The zero-order chi connectivity index (χ0) is 13.7. The molecule has 0 aliphatic rings. The van der Waals surface area contributed by atoms with Gasteiger partial charge in [-0.3, -0.25) is 4.79 Å². The van der Waals surface area contributed by atoms with Gasteiger partial charge in [0.25, 0.3) is 0 Å². The Morgan fingerprint density at radius 3 is 2.37 bits per heavy atom. The number of halogens is 2. The van der Waals surface area contributed by atoms with Gasteiger partial charge in [-0.2, -0.15) is 0 Å². The Kier molecular flexibility index (Phi) is 4.93. The predicted molar refractivity (Wildman–Crippen MR) is 83.5 cm³/mol. The van der Waals surface area contributed by atoms with Crippen LogP contribution in [0.1, 0.15) is 15.9 Å². The molecule has 2 rings (SSSR count). The summed E-state index contributed by atoms with van der Waals surface area (Å²) in [5, 5.41) is 0. The molecule has 0 fully saturated rings. The van der Waals surface area contributed by atoms with E-state index in [-0.39, 0.29) is 0 Å². The molecule has 0 saturated carbocycles. The summed E-state index contributed by atoms with van der Waals surface area (Å²) >= 11 is 6.68. The third-order valence-electron chi connectivity index (χ3n) is 2.49. The first-order valence-corrected chi connectivity index (χ1v) is 7.24. The topological polar surface area (TPSA) is 26.3 Å². The number of hydrogen-bond acceptors (Lipinski definition) is 2. The molecule has 4 heteroatoms. The lowest BCUT2D eigenvalue weighted by Crippen LogP contribution is -1.97. The SMILES string of the molecule is O=Cc1ccccc1O/C(=C\Br)c1ccc(Br)cc1. The molecular weight excluding hydrogens is 372 g/mol. The van der Waals surface area contributed by atoms with E-state index in [4.69, 9.17) is 4.74 Å². The Hall–Kier alpha value is -1.39. The highest BCUT2D eigenvalue weighted by Crippen LogP contribution is 2.25. The summed E-state index contributed by atoms with van der Waals surface area (Å²) in [5.74, 6) is 1.17. The molecule has 0 spiro atoms. The number of benzene rings is 2. The summed E-state index contributed by atoms with van der Waals surface area (Å²) in [6, 6.07) is 14.8. The maximum absolute atomic E-state index is 11.0. The molecule has 0 bridgehead atoms. The monoisotopic (exact) mass is 380 g/mol. The second-order valence-corrected chi connectivity index (χ2v) is 5.11. The number of ether oxygens (including phenoxy) is 1. The minimum atomic E-state index is 0.520. The van der Waals surface area contributed by atoms with Crippen LogP contribution in [0.25, 0.3) is 5.76 Å². The third-order valence-corrected chi connectivity index (χ3v) is 3.44. The summed E-state index contributed by atoms with van der Waals surface area (Å²) in [5.41, 5.74) is 1.44. The van der Waals surface area contributed by atoms with Gasteiger partial charge < -0.3 is 4.74 Å². The first kappa shape index (κ1) is 14.0. The van der Waals surface area contributed by atoms with Crippen LogP contribution in [0.2, 0.25) is 0 Å². The van der Waals surface area contributed by atoms with E-state index in [2.05, 4.69) is 31.9 Å². The van der Waals surface area contributed by atoms with E-state index in [1.165, 1.54) is 0 Å². The molecule has 0 N–H and O–H groups in total. The van der Waals surface area contributed by atoms with Crippen molar-refractivity contribution in [3.05, 3.63) is 69.1 Å². The normalized spacial score (nSPS) is 11.2. The number of hydrogen-bond donors (Lipinski definition) is 0. The van der Waals surface area contributed by atoms with E-state index >= 15 is 0 Å². The lowest BCUT2D eigenvalue weighted by Gasteiger charge is -2.11. The zero-order valence-corrected chi connectivity index (χ0v) is 13.0. The van der Waals surface area contributed by atoms with E-state index in [0.717, 1.165) is 16.3 Å². The van der Waals surface area contributed by atoms with Gasteiger partial charge in [-0.15, -0.1) is 0 Å². The van der Waals surface area contributed by atoms with Crippen molar-refractivity contribution in [2.45, 2.75) is 0 Å². The standard InChI is InChI=1S/C15H10Br2O2/c16-9-15(11-5-7-13(17)8-6-11)19-14-4-2-1-3-12(14)10-18/h1-10H/b15-9-. The first-order chi connectivity index (χ1) is 9.24. The number of aldehydes is 1. The van der Waals surface area contributed by atoms with Gasteiger partial charge in [-0.25, -0.2) is 0 Å². The van der Waals surface area contributed by atoms with Crippen LogP contribution in [0.3, 0.4) is 0 Å². The van der Waals surface area contributed by atoms with Gasteiger partial charge in [0.2, 0.25) is 0 Å². The van der Waals surface area contributed by atoms with Crippen molar-refractivity contribution >= 4 is 43.9 Å². The molecule has 0 unspecified atom stereocenters. The fourth-order valence-corrected chi connectivity index (χ4v) is 2.17. The molecule has 0 atom stereocenters. The molecule has 96 valence electrons. The van der Waals surface area contributed by atoms with Crippen LogP contribution in [0, 0.1) is 0 Å². The van der Waals surface area contributed by atoms with E-state index in [1.54, 1.807) is 23.2 Å². The largest absolute Gasteiger partial charge is 0.455 e. The molecule has 2 nitrogen and oxygen atoms in total. The van der Waals surface area contributed by atoms with Crippen LogP contribution in [-0.4, -0.2) is 6.29 Å². The lowest BCUT2D eigenvalue weighted by atomic mass is 10.2. The zero-order valence-electron chi connectivity index (χ0n) is 9.85. The third kappa shape index (κ3) is 3.55. The van der Waals surface area contributed by atoms with Crippen molar-refractivity contribution in [2.24, 2.45) is 0 Å². The van der Waals surface area contributed by atoms with Gasteiger partial charge in [0, 0.05) is 15.0 Å². The number of carbonyl (C=O) groups excluding carboxylic acids is 1. The highest BCUT2D eigenvalue weighted by Gasteiger charge is 2.07. The van der Waals surface area contributed by atoms with Crippen molar-refractivity contribution in [3.63, 3.8) is 0 Å². The summed E-state index contributed by atoms with van der Waals surface area (Å²) in [7, 11) is 0. The Labute approximate surface area is 128 Å². The van der Waals surface area contributed by atoms with Crippen LogP contribution in [0.4, 0.5) is 0 Å². The van der Waals surface area contributed by atoms with Gasteiger partial charge in [0.1, 0.15) is 11.5 Å². The Balaban J connectivity index is 2.29. The first-order valence-electron chi connectivity index (χ1n) is 5.53. The van der Waals surface area contributed by atoms with Gasteiger partial charge in [0.15, 0.2) is 6.29 Å². The average molecular weight is 382 g/mol. The van der Waals surface area contributed by atoms with E-state index in [0.29, 0.717) is 17.1 Å². The van der Waals surface area contributed by atoms with E-state index in [1.807, 2.05) is 30.3 Å². The Bertz CT molecular complexity index is 604. The highest BCUT2D eigenvalue weighted by atomic mass is 79.9. The molecule has 0 aliphatic heterocycles. The summed E-state index contributed by atoms with van der Waals surface area (Å²) < 4.78 is 6.78. The average Bonchev–Trinajstić information content (AvgIpc) is 2.46. The number of rotatable bonds is 4. The molecule has 0 aromatic heterocycles. The predicted octanol–water partition coefficient (Wildman–Crippen LogP) is 5.03. The van der Waals surface area contributed by atoms with Gasteiger partial charge in [0.05, 0.1) is 5.56 Å². The Morgan fingerprint density at radius 2 is 1.74 bits per heavy atom. The summed E-state index contributed by atoms with van der Waals surface area (Å²) in [6.07, 6.45) is 0.781. The van der Waals surface area contributed by atoms with Gasteiger partial charge in [-0.05, 0) is 24.3 Å². The highest BCUT2D eigenvalue weighted by molar-refractivity contribution is 9.11. The molecule has 0 saturated heterocycles. The lowest BCUT2D eigenvalue weighted by molar-refractivity contribution is 0.112. The molecule has 2 aromatic carbocycles. The van der Waals surface area contributed by atoms with Crippen molar-refractivity contribution in [1.29, 1.82) is 0 Å². The van der Waals surface area contributed by atoms with Crippen molar-refractivity contribution in [2.75, 3.05) is 0 Å². The van der Waals surface area contributed by atoms with Gasteiger partial charge >= 0.3 is 0 Å². The van der Waals surface area contributed by atoms with Crippen molar-refractivity contribution in [3.8, 4) is 5.75 Å². The molecule has 2 aromatic rings. The minimum absolute atomic E-state index is 0.520. The van der Waals surface area contributed by atoms with Crippen molar-refractivity contribution < 1.29 is 9.53 Å². The smallest absolute Gasteiger partial charge is 0.153 e. The Morgan fingerprint density at radius 1 is 1.05 bits per heavy atom. The van der Waals surface area contributed by atoms with Crippen LogP contribution in [-0.2, 0) is 0 Å². The molecule has 19 heavy (non-hydrogen) atoms. The molecule has 0 aliphatic carbocycles. The maximum atomic E-state index is 11.0. The fraction of sp³-hybridized carbons (Fsp3) is 0. The van der Waals surface area contributed by atoms with Crippen LogP contribution in [0.15, 0.2) is 58.0 Å². The number of carbonyl (C=O) groups is 1. The van der Waals surface area contributed by atoms with Crippen LogP contribution < -0.4 is 4.74 Å². The maximum Gasteiger partial charge on any atom is 0.153 e.